The minimum atomic E-state index is -4.39. The number of pyridine rings is 1. The van der Waals surface area contributed by atoms with Gasteiger partial charge in [0, 0.05) is 13.1 Å². The highest BCUT2D eigenvalue weighted by atomic mass is 35.5. The molecule has 112 valence electrons. The predicted octanol–water partition coefficient (Wildman–Crippen LogP) is 4.63. The lowest BCUT2D eigenvalue weighted by Gasteiger charge is -2.34. The van der Waals surface area contributed by atoms with Gasteiger partial charge in [0.1, 0.15) is 11.0 Å². The standard InChI is InChI=1S/C14H18ClF3N2/c1-9(2)10-3-5-20(6-4-10)13-8-11(14(16,17)18)7-12(15)19-13/h7-10H,3-6H2,1-2H3. The highest BCUT2D eigenvalue weighted by Crippen LogP contribution is 2.34. The van der Waals surface area contributed by atoms with Gasteiger partial charge in [-0.1, -0.05) is 25.4 Å². The molecule has 20 heavy (non-hydrogen) atoms. The minimum absolute atomic E-state index is 0.110. The van der Waals surface area contributed by atoms with Crippen LogP contribution in [0.15, 0.2) is 12.1 Å². The summed E-state index contributed by atoms with van der Waals surface area (Å²) in [7, 11) is 0. The Morgan fingerprint density at radius 2 is 1.85 bits per heavy atom. The van der Waals surface area contributed by atoms with Crippen molar-refractivity contribution in [2.75, 3.05) is 18.0 Å². The first kappa shape index (κ1) is 15.4. The molecule has 0 unspecified atom stereocenters. The van der Waals surface area contributed by atoms with Gasteiger partial charge in [-0.15, -0.1) is 0 Å². The van der Waals surface area contributed by atoms with E-state index in [1.165, 1.54) is 0 Å². The van der Waals surface area contributed by atoms with Gasteiger partial charge in [-0.25, -0.2) is 4.98 Å². The lowest BCUT2D eigenvalue weighted by Crippen LogP contribution is -2.35. The molecule has 0 amide bonds. The summed E-state index contributed by atoms with van der Waals surface area (Å²) in [5.74, 6) is 1.56. The zero-order chi connectivity index (χ0) is 14.9. The van der Waals surface area contributed by atoms with Crippen LogP contribution in [0.2, 0.25) is 5.15 Å². The van der Waals surface area contributed by atoms with Crippen LogP contribution in [0.4, 0.5) is 19.0 Å². The van der Waals surface area contributed by atoms with Gasteiger partial charge in [0.15, 0.2) is 0 Å². The van der Waals surface area contributed by atoms with Crippen LogP contribution in [0.3, 0.4) is 0 Å². The fourth-order valence-corrected chi connectivity index (χ4v) is 2.81. The second kappa shape index (κ2) is 5.80. The number of nitrogens with zero attached hydrogens (tertiary/aromatic N) is 2. The van der Waals surface area contributed by atoms with E-state index in [1.807, 2.05) is 4.90 Å². The van der Waals surface area contributed by atoms with Crippen molar-refractivity contribution < 1.29 is 13.2 Å². The Morgan fingerprint density at radius 1 is 1.25 bits per heavy atom. The van der Waals surface area contributed by atoms with E-state index in [9.17, 15) is 13.2 Å². The molecule has 0 atom stereocenters. The van der Waals surface area contributed by atoms with Gasteiger partial charge in [0.05, 0.1) is 5.56 Å². The van der Waals surface area contributed by atoms with E-state index in [-0.39, 0.29) is 5.15 Å². The summed E-state index contributed by atoms with van der Waals surface area (Å²) in [5, 5.41) is -0.110. The third-order valence-electron chi connectivity index (χ3n) is 3.91. The van der Waals surface area contributed by atoms with Crippen molar-refractivity contribution in [2.24, 2.45) is 11.8 Å². The molecule has 0 aliphatic carbocycles. The molecule has 1 aliphatic rings. The van der Waals surface area contributed by atoms with Crippen LogP contribution < -0.4 is 4.90 Å². The van der Waals surface area contributed by atoms with Crippen molar-refractivity contribution in [1.82, 2.24) is 4.98 Å². The number of hydrogen-bond acceptors (Lipinski definition) is 2. The Balaban J connectivity index is 2.16. The summed E-state index contributed by atoms with van der Waals surface area (Å²) >= 11 is 5.72. The summed E-state index contributed by atoms with van der Waals surface area (Å²) in [6.45, 7) is 5.82. The monoisotopic (exact) mass is 306 g/mol. The fourth-order valence-electron chi connectivity index (χ4n) is 2.60. The summed E-state index contributed by atoms with van der Waals surface area (Å²) in [4.78, 5) is 5.92. The van der Waals surface area contributed by atoms with Crippen LogP contribution in [0, 0.1) is 11.8 Å². The number of piperidine rings is 1. The molecule has 0 N–H and O–H groups in total. The van der Waals surface area contributed by atoms with Crippen LogP contribution in [0.1, 0.15) is 32.3 Å². The van der Waals surface area contributed by atoms with Crippen LogP contribution in [-0.4, -0.2) is 18.1 Å². The van der Waals surface area contributed by atoms with Crippen molar-refractivity contribution >= 4 is 17.4 Å². The van der Waals surface area contributed by atoms with Gasteiger partial charge >= 0.3 is 6.18 Å². The molecule has 2 heterocycles. The number of anilines is 1. The van der Waals surface area contributed by atoms with Gasteiger partial charge in [-0.2, -0.15) is 13.2 Å². The summed E-state index contributed by atoms with van der Waals surface area (Å²) in [6.07, 6.45) is -2.43. The molecule has 0 aromatic carbocycles. The molecular formula is C14H18ClF3N2. The Labute approximate surface area is 121 Å². The van der Waals surface area contributed by atoms with Crippen LogP contribution >= 0.6 is 11.6 Å². The second-order valence-corrected chi connectivity index (χ2v) is 5.99. The van der Waals surface area contributed by atoms with E-state index in [4.69, 9.17) is 11.6 Å². The van der Waals surface area contributed by atoms with Gasteiger partial charge in [0.25, 0.3) is 0 Å². The topological polar surface area (TPSA) is 16.1 Å². The third kappa shape index (κ3) is 3.57. The number of aromatic nitrogens is 1. The lowest BCUT2D eigenvalue weighted by atomic mass is 9.87. The Bertz CT molecular complexity index is 466. The number of hydrogen-bond donors (Lipinski definition) is 0. The lowest BCUT2D eigenvalue weighted by molar-refractivity contribution is -0.137. The van der Waals surface area contributed by atoms with Crippen molar-refractivity contribution in [2.45, 2.75) is 32.9 Å². The van der Waals surface area contributed by atoms with Gasteiger partial charge in [-0.05, 0) is 36.8 Å². The molecule has 0 bridgehead atoms. The van der Waals surface area contributed by atoms with E-state index in [2.05, 4.69) is 18.8 Å². The van der Waals surface area contributed by atoms with E-state index in [0.29, 0.717) is 17.7 Å². The van der Waals surface area contributed by atoms with Gasteiger partial charge in [-0.3, -0.25) is 0 Å². The molecule has 2 rings (SSSR count). The van der Waals surface area contributed by atoms with Crippen LogP contribution in [0.5, 0.6) is 0 Å². The number of halogens is 4. The molecule has 1 saturated heterocycles. The second-order valence-electron chi connectivity index (χ2n) is 5.60. The first-order chi connectivity index (χ1) is 9.27. The van der Waals surface area contributed by atoms with E-state index >= 15 is 0 Å². The van der Waals surface area contributed by atoms with Crippen LogP contribution in [-0.2, 0) is 6.18 Å². The highest BCUT2D eigenvalue weighted by molar-refractivity contribution is 6.29. The van der Waals surface area contributed by atoms with E-state index in [1.54, 1.807) is 0 Å². The first-order valence-electron chi connectivity index (χ1n) is 6.77. The molecule has 1 aromatic heterocycles. The fraction of sp³-hybridized carbons (Fsp3) is 0.643. The van der Waals surface area contributed by atoms with E-state index < -0.39 is 11.7 Å². The molecule has 0 saturated carbocycles. The average molecular weight is 307 g/mol. The molecule has 0 radical (unpaired) electrons. The van der Waals surface area contributed by atoms with Crippen LogP contribution in [0.25, 0.3) is 0 Å². The van der Waals surface area contributed by atoms with Crippen molar-refractivity contribution in [3.8, 4) is 0 Å². The maximum Gasteiger partial charge on any atom is 0.416 e. The van der Waals surface area contributed by atoms with Gasteiger partial charge in [0.2, 0.25) is 0 Å². The maximum absolute atomic E-state index is 12.8. The zero-order valence-electron chi connectivity index (χ0n) is 11.5. The normalized spacial score (nSPS) is 17.9. The highest BCUT2D eigenvalue weighted by Gasteiger charge is 2.32. The first-order valence-corrected chi connectivity index (χ1v) is 7.15. The zero-order valence-corrected chi connectivity index (χ0v) is 12.3. The number of rotatable bonds is 2. The molecular weight excluding hydrogens is 289 g/mol. The average Bonchev–Trinajstić information content (AvgIpc) is 2.37. The third-order valence-corrected chi connectivity index (χ3v) is 4.11. The molecule has 1 aromatic rings. The summed E-state index contributed by atoms with van der Waals surface area (Å²) < 4.78 is 38.3. The van der Waals surface area contributed by atoms with Crippen molar-refractivity contribution in [3.63, 3.8) is 0 Å². The molecule has 0 spiro atoms. The smallest absolute Gasteiger partial charge is 0.357 e. The molecule has 6 heteroatoms. The van der Waals surface area contributed by atoms with E-state index in [0.717, 1.165) is 38.1 Å². The Kier molecular flexibility index (Phi) is 4.47. The quantitative estimate of drug-likeness (QED) is 0.741. The summed E-state index contributed by atoms with van der Waals surface area (Å²) in [5.41, 5.74) is -0.738. The van der Waals surface area contributed by atoms with Crippen molar-refractivity contribution in [3.05, 3.63) is 22.8 Å². The number of alkyl halides is 3. The molecule has 1 aliphatic heterocycles. The summed E-state index contributed by atoms with van der Waals surface area (Å²) in [6, 6.07) is 1.95. The minimum Gasteiger partial charge on any atom is -0.357 e. The maximum atomic E-state index is 12.8. The SMILES string of the molecule is CC(C)C1CCN(c2cc(C(F)(F)F)cc(Cl)n2)CC1. The van der Waals surface area contributed by atoms with Crippen molar-refractivity contribution in [1.29, 1.82) is 0 Å². The Morgan fingerprint density at radius 3 is 2.35 bits per heavy atom. The Hall–Kier alpha value is -0.970. The molecule has 1 fully saturated rings. The predicted molar refractivity (Wildman–Crippen MR) is 74.0 cm³/mol. The van der Waals surface area contributed by atoms with Gasteiger partial charge < -0.3 is 4.90 Å². The molecule has 2 nitrogen and oxygen atoms in total. The largest absolute Gasteiger partial charge is 0.416 e.